The molecule has 0 spiro atoms. The van der Waals surface area contributed by atoms with Crippen molar-refractivity contribution in [3.63, 3.8) is 0 Å². The summed E-state index contributed by atoms with van der Waals surface area (Å²) in [4.78, 5) is 13.2. The van der Waals surface area contributed by atoms with E-state index in [4.69, 9.17) is 9.47 Å². The fourth-order valence-corrected chi connectivity index (χ4v) is 5.24. The number of anilines is 1. The molecule has 5 rings (SSSR count). The van der Waals surface area contributed by atoms with E-state index in [0.29, 0.717) is 40.3 Å². The van der Waals surface area contributed by atoms with Crippen LogP contribution in [0.5, 0.6) is 17.2 Å². The number of carbonyl (C=O) groups excluding carboxylic acids is 1. The zero-order valence-corrected chi connectivity index (χ0v) is 20.0. The molecule has 3 aromatic rings. The number of fused-ring (bicyclic) bond motifs is 1. The molecular weight excluding hydrogens is 462 g/mol. The third-order valence-corrected chi connectivity index (χ3v) is 7.62. The molecule has 0 saturated heterocycles. The number of carbonyl (C=O) groups is 1. The van der Waals surface area contributed by atoms with Crippen molar-refractivity contribution in [3.05, 3.63) is 52.5 Å². The summed E-state index contributed by atoms with van der Waals surface area (Å²) in [6, 6.07) is 9.56. The van der Waals surface area contributed by atoms with E-state index in [9.17, 15) is 13.2 Å². The van der Waals surface area contributed by atoms with E-state index in [1.165, 1.54) is 23.5 Å². The number of nitrogens with one attached hydrogen (secondary N) is 1. The van der Waals surface area contributed by atoms with Crippen LogP contribution in [0.2, 0.25) is 0 Å². The Morgan fingerprint density at radius 3 is 2.58 bits per heavy atom. The highest BCUT2D eigenvalue weighted by molar-refractivity contribution is 7.90. The molecule has 1 aromatic heterocycles. The molecule has 2 aromatic carbocycles. The van der Waals surface area contributed by atoms with Gasteiger partial charge in [-0.05, 0) is 63.1 Å². The van der Waals surface area contributed by atoms with Crippen molar-refractivity contribution in [2.45, 2.75) is 49.5 Å². The van der Waals surface area contributed by atoms with Crippen LogP contribution >= 0.6 is 11.3 Å². The summed E-state index contributed by atoms with van der Waals surface area (Å²) in [5.74, 6) is 1.68. The minimum Gasteiger partial charge on any atom is -0.487 e. The van der Waals surface area contributed by atoms with Crippen LogP contribution in [0.25, 0.3) is 0 Å². The van der Waals surface area contributed by atoms with E-state index < -0.39 is 15.4 Å². The van der Waals surface area contributed by atoms with Gasteiger partial charge in [0, 0.05) is 29.7 Å². The van der Waals surface area contributed by atoms with Crippen molar-refractivity contribution in [2.75, 3.05) is 11.6 Å². The van der Waals surface area contributed by atoms with Crippen LogP contribution in [0.3, 0.4) is 0 Å². The second-order valence-electron chi connectivity index (χ2n) is 9.01. The molecule has 0 unspecified atom stereocenters. The Kier molecular flexibility index (Phi) is 5.17. The van der Waals surface area contributed by atoms with Crippen molar-refractivity contribution in [3.8, 4) is 17.2 Å². The summed E-state index contributed by atoms with van der Waals surface area (Å²) in [7, 11) is -3.30. The largest absolute Gasteiger partial charge is 0.487 e. The lowest BCUT2D eigenvalue weighted by Gasteiger charge is -2.16. The van der Waals surface area contributed by atoms with E-state index in [1.807, 2.05) is 13.8 Å². The summed E-state index contributed by atoms with van der Waals surface area (Å²) in [5, 5.41) is 12.5. The standard InChI is InChI=1S/C23H23N3O5S2/c1-23(2)12-17-18(30-15-6-8-16(9-7-15)33(3,28)29)10-14(11-19(17)31-23)20(27)24-22-26-25-21(32-22)13-4-5-13/h6-11,13H,4-5,12H2,1-3H3,(H,24,26,27). The van der Waals surface area contributed by atoms with Crippen LogP contribution in [-0.2, 0) is 16.3 Å². The molecule has 1 aliphatic carbocycles. The Balaban J connectivity index is 1.43. The quantitative estimate of drug-likeness (QED) is 0.545. The highest BCUT2D eigenvalue weighted by Gasteiger charge is 2.34. The SMILES string of the molecule is CC1(C)Cc2c(Oc3ccc(S(C)(=O)=O)cc3)cc(C(=O)Nc3nnc(C4CC4)s3)cc2O1. The van der Waals surface area contributed by atoms with E-state index in [0.717, 1.165) is 29.7 Å². The second kappa shape index (κ2) is 7.81. The maximum atomic E-state index is 13.0. The van der Waals surface area contributed by atoms with Gasteiger partial charge in [-0.25, -0.2) is 8.42 Å². The lowest BCUT2D eigenvalue weighted by atomic mass is 9.99. The number of rotatable bonds is 6. The normalized spacial score (nSPS) is 16.7. The predicted octanol–water partition coefficient (Wildman–Crippen LogP) is 4.58. The summed E-state index contributed by atoms with van der Waals surface area (Å²) < 4.78 is 35.6. The van der Waals surface area contributed by atoms with Crippen LogP contribution in [0.15, 0.2) is 41.3 Å². The molecule has 1 aliphatic heterocycles. The van der Waals surface area contributed by atoms with Gasteiger partial charge >= 0.3 is 0 Å². The predicted molar refractivity (Wildman–Crippen MR) is 124 cm³/mol. The number of ether oxygens (including phenoxy) is 2. The molecule has 1 fully saturated rings. The number of benzene rings is 2. The number of hydrogen-bond acceptors (Lipinski definition) is 8. The molecule has 10 heteroatoms. The van der Waals surface area contributed by atoms with Crippen LogP contribution in [0.4, 0.5) is 5.13 Å². The zero-order chi connectivity index (χ0) is 23.4. The third kappa shape index (κ3) is 4.72. The lowest BCUT2D eigenvalue weighted by molar-refractivity contribution is 0.102. The molecule has 0 atom stereocenters. The lowest BCUT2D eigenvalue weighted by Crippen LogP contribution is -2.24. The molecule has 1 saturated carbocycles. The van der Waals surface area contributed by atoms with Crippen molar-refractivity contribution < 1.29 is 22.7 Å². The Labute approximate surface area is 195 Å². The molecule has 8 nitrogen and oxygen atoms in total. The molecule has 172 valence electrons. The molecule has 0 bridgehead atoms. The number of amides is 1. The molecule has 2 aliphatic rings. The van der Waals surface area contributed by atoms with Crippen LogP contribution in [0, 0.1) is 0 Å². The average Bonchev–Trinajstić information content (AvgIpc) is 3.39. The Morgan fingerprint density at radius 1 is 1.18 bits per heavy atom. The minimum atomic E-state index is -3.30. The van der Waals surface area contributed by atoms with Gasteiger partial charge in [-0.2, -0.15) is 0 Å². The van der Waals surface area contributed by atoms with Crippen LogP contribution in [-0.4, -0.2) is 36.4 Å². The van der Waals surface area contributed by atoms with Gasteiger partial charge in [-0.1, -0.05) is 11.3 Å². The zero-order valence-electron chi connectivity index (χ0n) is 18.4. The summed E-state index contributed by atoms with van der Waals surface area (Å²) in [5.41, 5.74) is 0.793. The van der Waals surface area contributed by atoms with Crippen LogP contribution < -0.4 is 14.8 Å². The van der Waals surface area contributed by atoms with Gasteiger partial charge in [0.15, 0.2) is 9.84 Å². The van der Waals surface area contributed by atoms with Gasteiger partial charge in [-0.3, -0.25) is 10.1 Å². The smallest absolute Gasteiger partial charge is 0.257 e. The van der Waals surface area contributed by atoms with E-state index in [2.05, 4.69) is 15.5 Å². The molecule has 1 N–H and O–H groups in total. The minimum absolute atomic E-state index is 0.209. The molecule has 0 radical (unpaired) electrons. The first kappa shape index (κ1) is 21.8. The van der Waals surface area contributed by atoms with Crippen molar-refractivity contribution in [1.82, 2.24) is 10.2 Å². The first-order valence-electron chi connectivity index (χ1n) is 10.6. The highest BCUT2D eigenvalue weighted by atomic mass is 32.2. The molecular formula is C23H23N3O5S2. The number of nitrogens with zero attached hydrogens (tertiary/aromatic N) is 2. The van der Waals surface area contributed by atoms with E-state index in [-0.39, 0.29) is 10.8 Å². The second-order valence-corrected chi connectivity index (χ2v) is 12.0. The first-order chi connectivity index (χ1) is 15.6. The van der Waals surface area contributed by atoms with E-state index in [1.54, 1.807) is 24.3 Å². The number of hydrogen-bond donors (Lipinski definition) is 1. The molecule has 2 heterocycles. The van der Waals surface area contributed by atoms with E-state index >= 15 is 0 Å². The monoisotopic (exact) mass is 485 g/mol. The number of aromatic nitrogens is 2. The van der Waals surface area contributed by atoms with Crippen molar-refractivity contribution in [2.24, 2.45) is 0 Å². The van der Waals surface area contributed by atoms with Crippen LogP contribution in [0.1, 0.15) is 53.5 Å². The number of sulfone groups is 1. The molecule has 33 heavy (non-hydrogen) atoms. The maximum absolute atomic E-state index is 13.0. The average molecular weight is 486 g/mol. The summed E-state index contributed by atoms with van der Waals surface area (Å²) >= 11 is 1.40. The third-order valence-electron chi connectivity index (χ3n) is 5.49. The van der Waals surface area contributed by atoms with Gasteiger partial charge in [0.1, 0.15) is 27.9 Å². The van der Waals surface area contributed by atoms with Gasteiger partial charge in [0.25, 0.3) is 5.91 Å². The van der Waals surface area contributed by atoms with Gasteiger partial charge in [0.2, 0.25) is 5.13 Å². The fourth-order valence-electron chi connectivity index (χ4n) is 3.70. The first-order valence-corrected chi connectivity index (χ1v) is 13.3. The van der Waals surface area contributed by atoms with Crippen molar-refractivity contribution in [1.29, 1.82) is 0 Å². The topological polar surface area (TPSA) is 107 Å². The Bertz CT molecular complexity index is 1340. The highest BCUT2D eigenvalue weighted by Crippen LogP contribution is 2.44. The molecule has 1 amide bonds. The Hall–Kier alpha value is -2.98. The Morgan fingerprint density at radius 2 is 1.91 bits per heavy atom. The maximum Gasteiger partial charge on any atom is 0.257 e. The summed E-state index contributed by atoms with van der Waals surface area (Å²) in [6.07, 6.45) is 4.00. The van der Waals surface area contributed by atoms with Crippen molar-refractivity contribution >= 4 is 32.2 Å². The fraction of sp³-hybridized carbons (Fsp3) is 0.348. The summed E-state index contributed by atoms with van der Waals surface area (Å²) in [6.45, 7) is 3.94. The van der Waals surface area contributed by atoms with Gasteiger partial charge in [0.05, 0.1) is 4.90 Å². The van der Waals surface area contributed by atoms with Gasteiger partial charge in [-0.15, -0.1) is 10.2 Å². The van der Waals surface area contributed by atoms with Gasteiger partial charge < -0.3 is 9.47 Å².